The maximum atomic E-state index is 12.9. The van der Waals surface area contributed by atoms with Crippen LogP contribution >= 0.6 is 0 Å². The van der Waals surface area contributed by atoms with Crippen molar-refractivity contribution in [1.82, 2.24) is 0 Å². The molecule has 0 radical (unpaired) electrons. The highest BCUT2D eigenvalue weighted by molar-refractivity contribution is 6.33. The van der Waals surface area contributed by atoms with Crippen LogP contribution in [0.5, 0.6) is 0 Å². The molecule has 0 aromatic heterocycles. The summed E-state index contributed by atoms with van der Waals surface area (Å²) >= 11 is 0. The quantitative estimate of drug-likeness (QED) is 0.513. The molecule has 0 fully saturated rings. The van der Waals surface area contributed by atoms with Gasteiger partial charge >= 0.3 is 0 Å². The Balaban J connectivity index is 2.01. The van der Waals surface area contributed by atoms with Gasteiger partial charge in [0.15, 0.2) is 5.78 Å². The molecule has 0 saturated heterocycles. The van der Waals surface area contributed by atoms with Gasteiger partial charge in [0, 0.05) is 12.0 Å². The number of carbonyl (C=O) groups excluding carboxylic acids is 1. The van der Waals surface area contributed by atoms with Crippen LogP contribution in [0.15, 0.2) is 84.9 Å². The zero-order valence-corrected chi connectivity index (χ0v) is 13.7. The highest BCUT2D eigenvalue weighted by atomic mass is 16.1. The van der Waals surface area contributed by atoms with E-state index in [1.165, 1.54) is 16.7 Å². The third kappa shape index (κ3) is 2.06. The fraction of sp³-hybridized carbons (Fsp3) is 0.0417. The zero-order valence-electron chi connectivity index (χ0n) is 13.7. The van der Waals surface area contributed by atoms with Crippen LogP contribution in [-0.4, -0.2) is 5.78 Å². The number of hydrogen-bond acceptors (Lipinski definition) is 1. The zero-order chi connectivity index (χ0) is 16.8. The minimum atomic E-state index is 0.194. The first-order valence-corrected chi connectivity index (χ1v) is 8.57. The fourth-order valence-corrected chi connectivity index (χ4v) is 3.98. The van der Waals surface area contributed by atoms with E-state index in [9.17, 15) is 4.79 Å². The van der Waals surface area contributed by atoms with Crippen LogP contribution in [0.1, 0.15) is 17.5 Å². The first kappa shape index (κ1) is 14.2. The fourth-order valence-electron chi connectivity index (χ4n) is 3.98. The van der Waals surface area contributed by atoms with Crippen molar-refractivity contribution in [3.05, 3.63) is 96.1 Å². The average molecular weight is 320 g/mol. The number of benzene rings is 3. The summed E-state index contributed by atoms with van der Waals surface area (Å²) in [6, 6.07) is 25.1. The number of ketones is 1. The lowest BCUT2D eigenvalue weighted by atomic mass is 9.78. The minimum Gasteiger partial charge on any atom is -0.294 e. The highest BCUT2D eigenvalue weighted by Crippen LogP contribution is 2.45. The van der Waals surface area contributed by atoms with E-state index in [0.29, 0.717) is 6.42 Å². The molecule has 0 spiro atoms. The average Bonchev–Trinajstić information content (AvgIpc) is 2.67. The molecule has 5 rings (SSSR count). The van der Waals surface area contributed by atoms with Crippen molar-refractivity contribution in [3.8, 4) is 22.3 Å². The summed E-state index contributed by atoms with van der Waals surface area (Å²) in [6.45, 7) is 0. The molecular formula is C24H16O. The van der Waals surface area contributed by atoms with Gasteiger partial charge in [-0.1, -0.05) is 84.9 Å². The Bertz CT molecular complexity index is 1080. The van der Waals surface area contributed by atoms with Gasteiger partial charge in [-0.3, -0.25) is 4.79 Å². The van der Waals surface area contributed by atoms with Crippen molar-refractivity contribution >= 4 is 16.9 Å². The number of allylic oxidation sites excluding steroid dienone is 4. The summed E-state index contributed by atoms with van der Waals surface area (Å²) in [5, 5.41) is 0. The first-order chi connectivity index (χ1) is 12.3. The highest BCUT2D eigenvalue weighted by Gasteiger charge is 2.26. The van der Waals surface area contributed by atoms with Gasteiger partial charge in [-0.25, -0.2) is 0 Å². The summed E-state index contributed by atoms with van der Waals surface area (Å²) in [6.07, 6.45) is 4.56. The summed E-state index contributed by atoms with van der Waals surface area (Å²) in [5.74, 6) is 0.194. The van der Waals surface area contributed by atoms with Gasteiger partial charge in [-0.15, -0.1) is 0 Å². The molecule has 1 nitrogen and oxygen atoms in total. The molecule has 1 heteroatoms. The Morgan fingerprint density at radius 2 is 1.00 bits per heavy atom. The standard InChI is InChI=1S/C24H16O/c25-23-15-7-14-22-20-11-4-3-10-18(20)16-8-1-2-9-17(16)19-12-5-6-13-21(19)24(22)23/h1-14H,15H2. The normalized spacial score (nSPS) is 14.8. The van der Waals surface area contributed by atoms with Crippen molar-refractivity contribution in [1.29, 1.82) is 0 Å². The molecule has 0 amide bonds. The summed E-state index contributed by atoms with van der Waals surface area (Å²) in [7, 11) is 0. The van der Waals surface area contributed by atoms with Crippen LogP contribution in [-0.2, 0) is 4.79 Å². The van der Waals surface area contributed by atoms with E-state index in [4.69, 9.17) is 0 Å². The number of Topliss-reactive ketones (excluding diaryl/α,β-unsaturated/α-hetero) is 1. The Morgan fingerprint density at radius 3 is 1.60 bits per heavy atom. The second kappa shape index (κ2) is 5.42. The monoisotopic (exact) mass is 320 g/mol. The molecule has 0 aliphatic heterocycles. The largest absolute Gasteiger partial charge is 0.294 e. The van der Waals surface area contributed by atoms with Crippen LogP contribution in [0.25, 0.3) is 33.4 Å². The van der Waals surface area contributed by atoms with Gasteiger partial charge in [-0.05, 0) is 39.0 Å². The lowest BCUT2D eigenvalue weighted by Gasteiger charge is -2.25. The second-order valence-electron chi connectivity index (χ2n) is 6.46. The maximum Gasteiger partial charge on any atom is 0.167 e. The lowest BCUT2D eigenvalue weighted by molar-refractivity contribution is -0.113. The van der Waals surface area contributed by atoms with Crippen molar-refractivity contribution in [2.24, 2.45) is 0 Å². The molecule has 118 valence electrons. The molecule has 2 aliphatic rings. The van der Waals surface area contributed by atoms with Gasteiger partial charge < -0.3 is 0 Å². The summed E-state index contributed by atoms with van der Waals surface area (Å²) < 4.78 is 0. The van der Waals surface area contributed by atoms with Crippen LogP contribution < -0.4 is 0 Å². The SMILES string of the molecule is O=C1CC=CC2=C1c1ccccc1-c1ccccc1-c1ccccc12. The first-order valence-electron chi connectivity index (χ1n) is 8.57. The molecule has 0 bridgehead atoms. The van der Waals surface area contributed by atoms with Crippen molar-refractivity contribution in [2.45, 2.75) is 6.42 Å². The molecule has 3 aromatic rings. The Labute approximate surface area is 147 Å². The van der Waals surface area contributed by atoms with E-state index in [1.807, 2.05) is 24.3 Å². The van der Waals surface area contributed by atoms with E-state index in [0.717, 1.165) is 27.8 Å². The summed E-state index contributed by atoms with van der Waals surface area (Å²) in [5.41, 5.74) is 8.75. The smallest absolute Gasteiger partial charge is 0.167 e. The lowest BCUT2D eigenvalue weighted by Crippen LogP contribution is -2.10. The Kier molecular flexibility index (Phi) is 3.07. The van der Waals surface area contributed by atoms with Gasteiger partial charge in [0.2, 0.25) is 0 Å². The van der Waals surface area contributed by atoms with Crippen LogP contribution in [0, 0.1) is 0 Å². The minimum absolute atomic E-state index is 0.194. The second-order valence-corrected chi connectivity index (χ2v) is 6.46. The van der Waals surface area contributed by atoms with Crippen LogP contribution in [0.2, 0.25) is 0 Å². The van der Waals surface area contributed by atoms with Crippen molar-refractivity contribution in [2.75, 3.05) is 0 Å². The van der Waals surface area contributed by atoms with Gasteiger partial charge in [0.05, 0.1) is 0 Å². The maximum absolute atomic E-state index is 12.9. The number of rotatable bonds is 0. The van der Waals surface area contributed by atoms with Gasteiger partial charge in [0.1, 0.15) is 0 Å². The molecule has 2 aliphatic carbocycles. The molecule has 3 aromatic carbocycles. The van der Waals surface area contributed by atoms with E-state index in [1.54, 1.807) is 0 Å². The third-order valence-corrected chi connectivity index (χ3v) is 5.06. The van der Waals surface area contributed by atoms with E-state index in [-0.39, 0.29) is 5.78 Å². The van der Waals surface area contributed by atoms with E-state index < -0.39 is 0 Å². The predicted octanol–water partition coefficient (Wildman–Crippen LogP) is 5.77. The molecule has 0 saturated carbocycles. The van der Waals surface area contributed by atoms with Gasteiger partial charge in [0.25, 0.3) is 0 Å². The molecule has 25 heavy (non-hydrogen) atoms. The topological polar surface area (TPSA) is 17.1 Å². The van der Waals surface area contributed by atoms with Gasteiger partial charge in [-0.2, -0.15) is 0 Å². The van der Waals surface area contributed by atoms with Crippen molar-refractivity contribution < 1.29 is 4.79 Å². The molecular weight excluding hydrogens is 304 g/mol. The Hall–Kier alpha value is -3.19. The predicted molar refractivity (Wildman–Crippen MR) is 103 cm³/mol. The molecule has 0 atom stereocenters. The molecule has 0 heterocycles. The van der Waals surface area contributed by atoms with Crippen LogP contribution in [0.4, 0.5) is 0 Å². The van der Waals surface area contributed by atoms with E-state index >= 15 is 0 Å². The molecule has 0 unspecified atom stereocenters. The number of carbonyl (C=O) groups is 1. The third-order valence-electron chi connectivity index (χ3n) is 5.06. The number of hydrogen-bond donors (Lipinski definition) is 0. The number of fused-ring (bicyclic) bond motifs is 7. The summed E-state index contributed by atoms with van der Waals surface area (Å²) in [4.78, 5) is 12.9. The van der Waals surface area contributed by atoms with Crippen molar-refractivity contribution in [3.63, 3.8) is 0 Å². The van der Waals surface area contributed by atoms with E-state index in [2.05, 4.69) is 60.7 Å². The molecule has 0 N–H and O–H groups in total. The van der Waals surface area contributed by atoms with Crippen LogP contribution in [0.3, 0.4) is 0 Å². The Morgan fingerprint density at radius 1 is 0.560 bits per heavy atom.